The van der Waals surface area contributed by atoms with Crippen LogP contribution in [0.25, 0.3) is 0 Å². The summed E-state index contributed by atoms with van der Waals surface area (Å²) in [5.41, 5.74) is 1.09. The Morgan fingerprint density at radius 3 is 2.57 bits per heavy atom. The van der Waals surface area contributed by atoms with Crippen molar-refractivity contribution in [1.82, 2.24) is 0 Å². The Kier molecular flexibility index (Phi) is 3.32. The summed E-state index contributed by atoms with van der Waals surface area (Å²) in [4.78, 5) is 10.9. The van der Waals surface area contributed by atoms with E-state index in [4.69, 9.17) is 4.74 Å². The van der Waals surface area contributed by atoms with E-state index in [1.807, 2.05) is 6.92 Å². The van der Waals surface area contributed by atoms with E-state index in [0.717, 1.165) is 18.4 Å². The maximum absolute atomic E-state index is 10.9. The van der Waals surface area contributed by atoms with Crippen LogP contribution in [0.5, 0.6) is 0 Å². The number of methoxy groups -OCH3 is 1. The number of esters is 1. The van der Waals surface area contributed by atoms with Crippen molar-refractivity contribution in [2.75, 3.05) is 7.11 Å². The molecule has 0 unspecified atom stereocenters. The number of carbonyl (C=O) groups excluding carboxylic acids is 1. The number of ether oxygens (including phenoxy) is 2. The van der Waals surface area contributed by atoms with E-state index >= 15 is 0 Å². The second-order valence-corrected chi connectivity index (χ2v) is 4.26. The molecule has 1 fully saturated rings. The summed E-state index contributed by atoms with van der Waals surface area (Å²) in [7, 11) is 1.39. The smallest absolute Gasteiger partial charge is 0.330 e. The number of hydrogen-bond donors (Lipinski definition) is 0. The van der Waals surface area contributed by atoms with Crippen LogP contribution >= 0.6 is 0 Å². The molecule has 0 saturated carbocycles. The highest BCUT2D eigenvalue weighted by molar-refractivity contribution is 5.82. The first-order valence-electron chi connectivity index (χ1n) is 4.88. The minimum atomic E-state index is -0.279. The van der Waals surface area contributed by atoms with Crippen LogP contribution < -0.4 is 0 Å². The van der Waals surface area contributed by atoms with Crippen molar-refractivity contribution < 1.29 is 14.3 Å². The molecule has 0 aromatic rings. The fourth-order valence-electron chi connectivity index (χ4n) is 1.43. The molecule has 0 amide bonds. The summed E-state index contributed by atoms with van der Waals surface area (Å²) in [5.74, 6) is -0.279. The third kappa shape index (κ3) is 3.14. The van der Waals surface area contributed by atoms with Crippen molar-refractivity contribution in [3.63, 3.8) is 0 Å². The minimum absolute atomic E-state index is 0.0472. The summed E-state index contributed by atoms with van der Waals surface area (Å²) < 4.78 is 9.98. The molecule has 1 aliphatic heterocycles. The normalized spacial score (nSPS) is 24.6. The van der Waals surface area contributed by atoms with Crippen molar-refractivity contribution in [2.24, 2.45) is 0 Å². The van der Waals surface area contributed by atoms with Gasteiger partial charge in [-0.3, -0.25) is 0 Å². The van der Waals surface area contributed by atoms with Gasteiger partial charge in [0, 0.05) is 6.08 Å². The lowest BCUT2D eigenvalue weighted by Crippen LogP contribution is -2.03. The summed E-state index contributed by atoms with van der Waals surface area (Å²) in [6.45, 7) is 6.10. The molecule has 1 rings (SSSR count). The Hall–Kier alpha value is -0.830. The molecule has 0 spiro atoms. The quantitative estimate of drug-likeness (QED) is 0.394. The SMILES string of the molecule is COC(=O)/C=C(\C)CC[C@@H]1OC1(C)C. The molecular formula is C11H18O3. The van der Waals surface area contributed by atoms with Gasteiger partial charge < -0.3 is 9.47 Å². The van der Waals surface area contributed by atoms with Crippen molar-refractivity contribution in [1.29, 1.82) is 0 Å². The Labute approximate surface area is 85.1 Å². The molecule has 0 aromatic carbocycles. The fourth-order valence-corrected chi connectivity index (χ4v) is 1.43. The second kappa shape index (κ2) is 4.13. The molecule has 1 saturated heterocycles. The third-order valence-corrected chi connectivity index (χ3v) is 2.53. The molecular weight excluding hydrogens is 180 g/mol. The lowest BCUT2D eigenvalue weighted by Gasteiger charge is -1.99. The van der Waals surface area contributed by atoms with Crippen LogP contribution in [-0.2, 0) is 14.3 Å². The van der Waals surface area contributed by atoms with Gasteiger partial charge in [-0.2, -0.15) is 0 Å². The molecule has 0 radical (unpaired) electrons. The van der Waals surface area contributed by atoms with Gasteiger partial charge in [-0.15, -0.1) is 0 Å². The van der Waals surface area contributed by atoms with Crippen molar-refractivity contribution in [2.45, 2.75) is 45.3 Å². The van der Waals surface area contributed by atoms with E-state index in [0.29, 0.717) is 6.10 Å². The van der Waals surface area contributed by atoms with Crippen molar-refractivity contribution in [3.05, 3.63) is 11.6 Å². The molecule has 0 aromatic heterocycles. The number of allylic oxidation sites excluding steroid dienone is 1. The Morgan fingerprint density at radius 2 is 2.14 bits per heavy atom. The topological polar surface area (TPSA) is 38.8 Å². The molecule has 0 N–H and O–H groups in total. The van der Waals surface area contributed by atoms with E-state index in [1.54, 1.807) is 0 Å². The largest absolute Gasteiger partial charge is 0.466 e. The molecule has 3 heteroatoms. The predicted molar refractivity (Wildman–Crippen MR) is 54.0 cm³/mol. The molecule has 1 atom stereocenters. The average Bonchev–Trinajstić information content (AvgIpc) is 2.70. The first kappa shape index (κ1) is 11.2. The molecule has 80 valence electrons. The predicted octanol–water partition coefficient (Wildman–Crippen LogP) is 2.06. The highest BCUT2D eigenvalue weighted by atomic mass is 16.6. The standard InChI is InChI=1S/C11H18O3/c1-8(7-10(12)13-4)5-6-9-11(2,3)14-9/h7,9H,5-6H2,1-4H3/b8-7+/t9-/m0/s1. The minimum Gasteiger partial charge on any atom is -0.466 e. The Balaban J connectivity index is 2.25. The van der Waals surface area contributed by atoms with Crippen molar-refractivity contribution >= 4 is 5.97 Å². The highest BCUT2D eigenvalue weighted by Crippen LogP contribution is 2.38. The van der Waals surface area contributed by atoms with Crippen LogP contribution in [0.1, 0.15) is 33.6 Å². The van der Waals surface area contributed by atoms with Gasteiger partial charge in [0.1, 0.15) is 0 Å². The van der Waals surface area contributed by atoms with Crippen LogP contribution in [0.15, 0.2) is 11.6 Å². The Bertz CT molecular complexity index is 253. The second-order valence-electron chi connectivity index (χ2n) is 4.26. The average molecular weight is 198 g/mol. The van der Waals surface area contributed by atoms with Crippen LogP contribution in [0, 0.1) is 0 Å². The molecule has 3 nitrogen and oxygen atoms in total. The lowest BCUT2D eigenvalue weighted by atomic mass is 10.0. The van der Waals surface area contributed by atoms with Crippen LogP contribution in [0.2, 0.25) is 0 Å². The van der Waals surface area contributed by atoms with Gasteiger partial charge in [-0.05, 0) is 33.6 Å². The summed E-state index contributed by atoms with van der Waals surface area (Å²) in [6, 6.07) is 0. The van der Waals surface area contributed by atoms with Gasteiger partial charge in [0.15, 0.2) is 0 Å². The molecule has 0 aliphatic carbocycles. The molecule has 1 aliphatic rings. The van der Waals surface area contributed by atoms with Crippen molar-refractivity contribution in [3.8, 4) is 0 Å². The number of hydrogen-bond acceptors (Lipinski definition) is 3. The summed E-state index contributed by atoms with van der Waals surface area (Å²) in [6.07, 6.45) is 3.76. The number of rotatable bonds is 4. The van der Waals surface area contributed by atoms with Gasteiger partial charge in [0.2, 0.25) is 0 Å². The van der Waals surface area contributed by atoms with Crippen LogP contribution in [-0.4, -0.2) is 24.8 Å². The summed E-state index contributed by atoms with van der Waals surface area (Å²) in [5, 5.41) is 0. The third-order valence-electron chi connectivity index (χ3n) is 2.53. The van der Waals surface area contributed by atoms with E-state index in [2.05, 4.69) is 18.6 Å². The van der Waals surface area contributed by atoms with Crippen LogP contribution in [0.4, 0.5) is 0 Å². The van der Waals surface area contributed by atoms with Gasteiger partial charge in [0.05, 0.1) is 18.8 Å². The van der Waals surface area contributed by atoms with E-state index in [9.17, 15) is 4.79 Å². The molecule has 14 heavy (non-hydrogen) atoms. The molecule has 1 heterocycles. The fraction of sp³-hybridized carbons (Fsp3) is 0.727. The maximum Gasteiger partial charge on any atom is 0.330 e. The first-order valence-corrected chi connectivity index (χ1v) is 4.88. The zero-order valence-corrected chi connectivity index (χ0v) is 9.29. The van der Waals surface area contributed by atoms with E-state index in [-0.39, 0.29) is 11.6 Å². The van der Waals surface area contributed by atoms with Gasteiger partial charge >= 0.3 is 5.97 Å². The molecule has 0 bridgehead atoms. The lowest BCUT2D eigenvalue weighted by molar-refractivity contribution is -0.134. The monoisotopic (exact) mass is 198 g/mol. The first-order chi connectivity index (χ1) is 6.45. The maximum atomic E-state index is 10.9. The van der Waals surface area contributed by atoms with Gasteiger partial charge in [-0.1, -0.05) is 5.57 Å². The van der Waals surface area contributed by atoms with Gasteiger partial charge in [0.25, 0.3) is 0 Å². The van der Waals surface area contributed by atoms with Gasteiger partial charge in [-0.25, -0.2) is 4.79 Å². The van der Waals surface area contributed by atoms with Crippen LogP contribution in [0.3, 0.4) is 0 Å². The zero-order valence-electron chi connectivity index (χ0n) is 9.29. The summed E-state index contributed by atoms with van der Waals surface area (Å²) >= 11 is 0. The van der Waals surface area contributed by atoms with E-state index < -0.39 is 0 Å². The zero-order chi connectivity index (χ0) is 10.8. The highest BCUT2D eigenvalue weighted by Gasteiger charge is 2.46. The number of carbonyl (C=O) groups is 1. The van der Waals surface area contributed by atoms with E-state index in [1.165, 1.54) is 13.2 Å². The Morgan fingerprint density at radius 1 is 1.57 bits per heavy atom. The number of epoxide rings is 1.